The highest BCUT2D eigenvalue weighted by Crippen LogP contribution is 2.27. The van der Waals surface area contributed by atoms with Gasteiger partial charge >= 0.3 is 5.97 Å². The van der Waals surface area contributed by atoms with Crippen LogP contribution in [-0.2, 0) is 22.4 Å². The zero-order chi connectivity index (χ0) is 14.7. The smallest absolute Gasteiger partial charge is 0.309 e. The van der Waals surface area contributed by atoms with E-state index in [4.69, 9.17) is 4.74 Å². The summed E-state index contributed by atoms with van der Waals surface area (Å²) >= 11 is 0. The Morgan fingerprint density at radius 1 is 1.30 bits per heavy atom. The Morgan fingerprint density at radius 3 is 2.70 bits per heavy atom. The van der Waals surface area contributed by atoms with Crippen LogP contribution in [0.4, 0.5) is 0 Å². The highest BCUT2D eigenvalue weighted by Gasteiger charge is 2.26. The predicted molar refractivity (Wildman–Crippen MR) is 77.8 cm³/mol. The first-order valence-corrected chi connectivity index (χ1v) is 7.26. The van der Waals surface area contributed by atoms with Crippen LogP contribution in [0, 0.1) is 11.8 Å². The standard InChI is InChI=1S/C17H22O3/c1-11(2)10-20-17(19)16-7-6-14-8-13(12(3)18)4-5-15(14)9-16/h4-5,8,11,16H,6-7,9-10H2,1-3H3. The fourth-order valence-corrected chi connectivity index (χ4v) is 2.54. The fraction of sp³-hybridized carbons (Fsp3) is 0.529. The molecule has 2 rings (SSSR count). The SMILES string of the molecule is CC(=O)c1ccc2c(c1)CCC(C(=O)OCC(C)C)C2. The Kier molecular flexibility index (Phi) is 4.58. The van der Waals surface area contributed by atoms with Gasteiger partial charge in [-0.2, -0.15) is 0 Å². The molecule has 1 aromatic carbocycles. The van der Waals surface area contributed by atoms with E-state index in [2.05, 4.69) is 0 Å². The van der Waals surface area contributed by atoms with Crippen LogP contribution in [-0.4, -0.2) is 18.4 Å². The molecule has 0 aromatic heterocycles. The number of ketones is 1. The highest BCUT2D eigenvalue weighted by molar-refractivity contribution is 5.94. The summed E-state index contributed by atoms with van der Waals surface area (Å²) in [5.41, 5.74) is 3.13. The van der Waals surface area contributed by atoms with Crippen LogP contribution in [0.3, 0.4) is 0 Å². The highest BCUT2D eigenvalue weighted by atomic mass is 16.5. The Labute approximate surface area is 120 Å². The van der Waals surface area contributed by atoms with Gasteiger partial charge in [-0.05, 0) is 49.3 Å². The van der Waals surface area contributed by atoms with Crippen molar-refractivity contribution in [3.8, 4) is 0 Å². The van der Waals surface area contributed by atoms with E-state index in [1.807, 2.05) is 32.0 Å². The molecule has 0 heterocycles. The van der Waals surface area contributed by atoms with E-state index in [9.17, 15) is 9.59 Å². The first-order valence-electron chi connectivity index (χ1n) is 7.26. The first kappa shape index (κ1) is 14.8. The van der Waals surface area contributed by atoms with Gasteiger partial charge in [0.2, 0.25) is 0 Å². The number of Topliss-reactive ketones (excluding diaryl/α,β-unsaturated/α-hetero) is 1. The van der Waals surface area contributed by atoms with Crippen molar-refractivity contribution in [1.29, 1.82) is 0 Å². The molecule has 0 amide bonds. The maximum Gasteiger partial charge on any atom is 0.309 e. The lowest BCUT2D eigenvalue weighted by molar-refractivity contribution is -0.150. The number of ether oxygens (including phenoxy) is 1. The van der Waals surface area contributed by atoms with Gasteiger partial charge < -0.3 is 4.74 Å². The maximum atomic E-state index is 12.0. The van der Waals surface area contributed by atoms with Gasteiger partial charge in [0.25, 0.3) is 0 Å². The molecule has 108 valence electrons. The van der Waals surface area contributed by atoms with E-state index in [1.165, 1.54) is 11.1 Å². The van der Waals surface area contributed by atoms with Gasteiger partial charge in [-0.3, -0.25) is 9.59 Å². The van der Waals surface area contributed by atoms with E-state index in [-0.39, 0.29) is 17.7 Å². The zero-order valence-corrected chi connectivity index (χ0v) is 12.4. The number of hydrogen-bond acceptors (Lipinski definition) is 3. The second kappa shape index (κ2) is 6.21. The van der Waals surface area contributed by atoms with Gasteiger partial charge in [0.1, 0.15) is 0 Å². The van der Waals surface area contributed by atoms with Crippen LogP contribution in [0.5, 0.6) is 0 Å². The Balaban J connectivity index is 2.04. The van der Waals surface area contributed by atoms with Gasteiger partial charge in [-0.15, -0.1) is 0 Å². The van der Waals surface area contributed by atoms with E-state index in [0.29, 0.717) is 12.5 Å². The third-order valence-electron chi connectivity index (χ3n) is 3.73. The molecule has 1 aliphatic carbocycles. The third-order valence-corrected chi connectivity index (χ3v) is 3.73. The summed E-state index contributed by atoms with van der Waals surface area (Å²) in [4.78, 5) is 23.4. The van der Waals surface area contributed by atoms with E-state index in [1.54, 1.807) is 6.92 Å². The lowest BCUT2D eigenvalue weighted by atomic mass is 9.83. The summed E-state index contributed by atoms with van der Waals surface area (Å²) in [6, 6.07) is 5.80. The molecule has 1 unspecified atom stereocenters. The molecule has 0 radical (unpaired) electrons. The molecule has 3 heteroatoms. The average molecular weight is 274 g/mol. The minimum absolute atomic E-state index is 0.0376. The molecule has 1 aliphatic rings. The molecule has 0 N–H and O–H groups in total. The average Bonchev–Trinajstić information content (AvgIpc) is 2.43. The minimum atomic E-state index is -0.0833. The van der Waals surface area contributed by atoms with Crippen molar-refractivity contribution in [3.05, 3.63) is 34.9 Å². The van der Waals surface area contributed by atoms with Gasteiger partial charge in [0, 0.05) is 5.56 Å². The molecule has 1 atom stereocenters. The topological polar surface area (TPSA) is 43.4 Å². The summed E-state index contributed by atoms with van der Waals surface area (Å²) < 4.78 is 5.33. The molecular weight excluding hydrogens is 252 g/mol. The van der Waals surface area contributed by atoms with E-state index >= 15 is 0 Å². The van der Waals surface area contributed by atoms with Gasteiger partial charge in [-0.25, -0.2) is 0 Å². The molecule has 20 heavy (non-hydrogen) atoms. The summed E-state index contributed by atoms with van der Waals surface area (Å²) in [6.07, 6.45) is 2.38. The lowest BCUT2D eigenvalue weighted by Gasteiger charge is -2.24. The molecule has 0 aliphatic heterocycles. The number of rotatable bonds is 4. The number of fused-ring (bicyclic) bond motifs is 1. The molecule has 1 aromatic rings. The van der Waals surface area contributed by atoms with Crippen molar-refractivity contribution < 1.29 is 14.3 Å². The summed E-state index contributed by atoms with van der Waals surface area (Å²) in [5, 5.41) is 0. The van der Waals surface area contributed by atoms with E-state index < -0.39 is 0 Å². The Bertz CT molecular complexity index is 517. The zero-order valence-electron chi connectivity index (χ0n) is 12.4. The Hall–Kier alpha value is -1.64. The number of benzene rings is 1. The summed E-state index contributed by atoms with van der Waals surface area (Å²) in [5.74, 6) is 0.337. The van der Waals surface area contributed by atoms with Crippen molar-refractivity contribution in [2.24, 2.45) is 11.8 Å². The van der Waals surface area contributed by atoms with Crippen molar-refractivity contribution in [2.75, 3.05) is 6.61 Å². The van der Waals surface area contributed by atoms with Crippen molar-refractivity contribution in [3.63, 3.8) is 0 Å². The van der Waals surface area contributed by atoms with Crippen LogP contribution in [0.15, 0.2) is 18.2 Å². The molecule has 0 bridgehead atoms. The van der Waals surface area contributed by atoms with Crippen molar-refractivity contribution in [1.82, 2.24) is 0 Å². The molecule has 0 fully saturated rings. The summed E-state index contributed by atoms with van der Waals surface area (Å²) in [6.45, 7) is 6.14. The lowest BCUT2D eigenvalue weighted by Crippen LogP contribution is -2.26. The number of carbonyl (C=O) groups excluding carboxylic acids is 2. The third kappa shape index (κ3) is 3.47. The second-order valence-corrected chi connectivity index (χ2v) is 6.00. The fourth-order valence-electron chi connectivity index (χ4n) is 2.54. The molecule has 0 saturated heterocycles. The molecule has 0 spiro atoms. The molecule has 0 saturated carbocycles. The maximum absolute atomic E-state index is 12.0. The molecule has 3 nitrogen and oxygen atoms in total. The van der Waals surface area contributed by atoms with Crippen molar-refractivity contribution in [2.45, 2.75) is 40.0 Å². The van der Waals surface area contributed by atoms with Gasteiger partial charge in [0.15, 0.2) is 5.78 Å². The van der Waals surface area contributed by atoms with Gasteiger partial charge in [0.05, 0.1) is 12.5 Å². The number of esters is 1. The van der Waals surface area contributed by atoms with Crippen LogP contribution < -0.4 is 0 Å². The Morgan fingerprint density at radius 2 is 2.05 bits per heavy atom. The largest absolute Gasteiger partial charge is 0.465 e. The molecular formula is C17H22O3. The van der Waals surface area contributed by atoms with E-state index in [0.717, 1.165) is 24.8 Å². The second-order valence-electron chi connectivity index (χ2n) is 6.00. The quantitative estimate of drug-likeness (QED) is 0.625. The van der Waals surface area contributed by atoms with Crippen LogP contribution in [0.1, 0.15) is 48.7 Å². The number of aryl methyl sites for hydroxylation is 1. The van der Waals surface area contributed by atoms with Crippen molar-refractivity contribution >= 4 is 11.8 Å². The van der Waals surface area contributed by atoms with Crippen LogP contribution >= 0.6 is 0 Å². The van der Waals surface area contributed by atoms with Gasteiger partial charge in [-0.1, -0.05) is 26.0 Å². The normalized spacial score (nSPS) is 17.7. The number of carbonyl (C=O) groups is 2. The van der Waals surface area contributed by atoms with Crippen LogP contribution in [0.25, 0.3) is 0 Å². The number of hydrogen-bond donors (Lipinski definition) is 0. The monoisotopic (exact) mass is 274 g/mol. The summed E-state index contributed by atoms with van der Waals surface area (Å²) in [7, 11) is 0. The van der Waals surface area contributed by atoms with Crippen LogP contribution in [0.2, 0.25) is 0 Å². The first-order chi connectivity index (χ1) is 9.47. The predicted octanol–water partition coefficient (Wildman–Crippen LogP) is 3.19. The minimum Gasteiger partial charge on any atom is -0.465 e.